The molecule has 9 heteroatoms. The Morgan fingerprint density at radius 2 is 2.19 bits per heavy atom. The van der Waals surface area contributed by atoms with Gasteiger partial charge in [-0.2, -0.15) is 11.8 Å². The van der Waals surface area contributed by atoms with Crippen LogP contribution in [0.5, 0.6) is 0 Å². The molecule has 1 rings (SSSR count). The van der Waals surface area contributed by atoms with Crippen molar-refractivity contribution in [2.75, 3.05) is 36.9 Å². The molecule has 1 fully saturated rings. The van der Waals surface area contributed by atoms with Gasteiger partial charge in [0.2, 0.25) is 0 Å². The highest BCUT2D eigenvalue weighted by Gasteiger charge is 2.37. The van der Waals surface area contributed by atoms with E-state index >= 15 is 0 Å². The summed E-state index contributed by atoms with van der Waals surface area (Å²) in [6.07, 6.45) is 5.14. The van der Waals surface area contributed by atoms with Crippen molar-refractivity contribution in [3.8, 4) is 12.3 Å². The molecular weight excluding hydrogens is 316 g/mol. The lowest BCUT2D eigenvalue weighted by Gasteiger charge is -2.37. The molecule has 0 aromatic heterocycles. The maximum Gasteiger partial charge on any atom is 0.323 e. The number of rotatable bonds is 5. The molecule has 0 aliphatic carbocycles. The minimum atomic E-state index is -3.43. The van der Waals surface area contributed by atoms with Crippen LogP contribution in [0.15, 0.2) is 0 Å². The van der Waals surface area contributed by atoms with Gasteiger partial charge in [-0.05, 0) is 0 Å². The van der Waals surface area contributed by atoms with E-state index in [2.05, 4.69) is 5.92 Å². The van der Waals surface area contributed by atoms with Crippen molar-refractivity contribution in [3.05, 3.63) is 0 Å². The molecule has 2 amide bonds. The second kappa shape index (κ2) is 7.56. The Morgan fingerprint density at radius 3 is 2.71 bits per heavy atom. The SMILES string of the molecule is C#CCN(CC(=O)O)C(=O)N1CCSCC1S(=O)(=O)CC. The summed E-state index contributed by atoms with van der Waals surface area (Å²) in [5.41, 5.74) is 0. The van der Waals surface area contributed by atoms with Crippen LogP contribution in [-0.2, 0) is 14.6 Å². The van der Waals surface area contributed by atoms with E-state index in [0.29, 0.717) is 11.5 Å². The molecule has 0 radical (unpaired) electrons. The molecule has 1 unspecified atom stereocenters. The van der Waals surface area contributed by atoms with Crippen molar-refractivity contribution in [1.82, 2.24) is 9.80 Å². The lowest BCUT2D eigenvalue weighted by molar-refractivity contribution is -0.137. The second-order valence-corrected chi connectivity index (χ2v) is 8.01. The smallest absolute Gasteiger partial charge is 0.323 e. The number of sulfone groups is 1. The molecule has 1 aliphatic rings. The number of hydrogen-bond acceptors (Lipinski definition) is 5. The Labute approximate surface area is 128 Å². The fourth-order valence-corrected chi connectivity index (χ4v) is 4.90. The summed E-state index contributed by atoms with van der Waals surface area (Å²) in [7, 11) is -3.43. The number of terminal acetylenes is 1. The predicted octanol–water partition coefficient (Wildman–Crippen LogP) is -0.0642. The number of aliphatic carboxylic acids is 1. The van der Waals surface area contributed by atoms with Crippen molar-refractivity contribution < 1.29 is 23.1 Å². The van der Waals surface area contributed by atoms with Gasteiger partial charge in [0.1, 0.15) is 11.9 Å². The quantitative estimate of drug-likeness (QED) is 0.708. The lowest BCUT2D eigenvalue weighted by Crippen LogP contribution is -2.55. The van der Waals surface area contributed by atoms with Crippen LogP contribution in [0.3, 0.4) is 0 Å². The van der Waals surface area contributed by atoms with E-state index in [1.54, 1.807) is 0 Å². The van der Waals surface area contributed by atoms with E-state index < -0.39 is 33.8 Å². The number of carboxylic acids is 1. The third kappa shape index (κ3) is 4.54. The summed E-state index contributed by atoms with van der Waals surface area (Å²) in [4.78, 5) is 25.4. The van der Waals surface area contributed by atoms with E-state index in [0.717, 1.165) is 4.90 Å². The standard InChI is InChI=1S/C12H18N2O5S2/c1-3-5-13(8-11(15)16)12(17)14-6-7-20-9-10(14)21(18,19)4-2/h1,10H,4-9H2,2H3,(H,15,16). The number of carbonyl (C=O) groups is 2. The first kappa shape index (κ1) is 17.7. The zero-order valence-electron chi connectivity index (χ0n) is 11.7. The van der Waals surface area contributed by atoms with E-state index in [-0.39, 0.29) is 18.8 Å². The van der Waals surface area contributed by atoms with E-state index in [9.17, 15) is 18.0 Å². The molecule has 1 aliphatic heterocycles. The Hall–Kier alpha value is -1.40. The van der Waals surface area contributed by atoms with Crippen LogP contribution in [0, 0.1) is 12.3 Å². The molecule has 1 N–H and O–H groups in total. The number of carboxylic acid groups (broad SMARTS) is 1. The van der Waals surface area contributed by atoms with Crippen LogP contribution in [-0.4, -0.2) is 77.6 Å². The first-order valence-corrected chi connectivity index (χ1v) is 9.20. The van der Waals surface area contributed by atoms with Crippen LogP contribution in [0.4, 0.5) is 4.79 Å². The minimum absolute atomic E-state index is 0.0733. The Kier molecular flexibility index (Phi) is 6.36. The van der Waals surface area contributed by atoms with Crippen LogP contribution >= 0.6 is 11.8 Å². The largest absolute Gasteiger partial charge is 0.480 e. The fraction of sp³-hybridized carbons (Fsp3) is 0.667. The molecule has 0 bridgehead atoms. The Balaban J connectivity index is 2.99. The first-order valence-electron chi connectivity index (χ1n) is 6.33. The van der Waals surface area contributed by atoms with Crippen LogP contribution in [0.1, 0.15) is 6.92 Å². The van der Waals surface area contributed by atoms with Gasteiger partial charge < -0.3 is 14.9 Å². The molecule has 0 aromatic carbocycles. The third-order valence-corrected chi connectivity index (χ3v) is 6.31. The highest BCUT2D eigenvalue weighted by atomic mass is 32.2. The molecule has 1 saturated heterocycles. The van der Waals surface area contributed by atoms with Gasteiger partial charge >= 0.3 is 12.0 Å². The van der Waals surface area contributed by atoms with Crippen LogP contribution in [0.2, 0.25) is 0 Å². The normalized spacial score (nSPS) is 18.9. The molecule has 0 saturated carbocycles. The third-order valence-electron chi connectivity index (χ3n) is 3.03. The summed E-state index contributed by atoms with van der Waals surface area (Å²) >= 11 is 1.46. The molecule has 118 valence electrons. The van der Waals surface area contributed by atoms with Crippen LogP contribution < -0.4 is 0 Å². The van der Waals surface area contributed by atoms with Crippen LogP contribution in [0.25, 0.3) is 0 Å². The fourth-order valence-electron chi connectivity index (χ4n) is 1.94. The first-order chi connectivity index (χ1) is 9.83. The van der Waals surface area contributed by atoms with Gasteiger partial charge in [0.25, 0.3) is 0 Å². The van der Waals surface area contributed by atoms with Crippen molar-refractivity contribution in [2.45, 2.75) is 12.3 Å². The van der Waals surface area contributed by atoms with Gasteiger partial charge in [0, 0.05) is 23.8 Å². The van der Waals surface area contributed by atoms with Crippen molar-refractivity contribution in [1.29, 1.82) is 0 Å². The Morgan fingerprint density at radius 1 is 1.52 bits per heavy atom. The Bertz CT molecular complexity index is 540. The van der Waals surface area contributed by atoms with Gasteiger partial charge in [-0.15, -0.1) is 6.42 Å². The average molecular weight is 334 g/mol. The van der Waals surface area contributed by atoms with E-state index in [1.807, 2.05) is 0 Å². The second-order valence-electron chi connectivity index (χ2n) is 4.41. The minimum Gasteiger partial charge on any atom is -0.480 e. The summed E-state index contributed by atoms with van der Waals surface area (Å²) in [6, 6.07) is -0.641. The number of hydrogen-bond donors (Lipinski definition) is 1. The summed E-state index contributed by atoms with van der Waals surface area (Å²) in [5, 5.41) is 7.90. The van der Waals surface area contributed by atoms with E-state index in [4.69, 9.17) is 11.5 Å². The molecule has 21 heavy (non-hydrogen) atoms. The number of amides is 2. The zero-order chi connectivity index (χ0) is 16.0. The highest BCUT2D eigenvalue weighted by molar-refractivity contribution is 8.01. The molecular formula is C12H18N2O5S2. The summed E-state index contributed by atoms with van der Waals surface area (Å²) in [6.45, 7) is 1.06. The monoisotopic (exact) mass is 334 g/mol. The van der Waals surface area contributed by atoms with Crippen molar-refractivity contribution in [2.24, 2.45) is 0 Å². The topological polar surface area (TPSA) is 95.0 Å². The lowest BCUT2D eigenvalue weighted by atomic mass is 10.4. The molecule has 1 atom stereocenters. The highest BCUT2D eigenvalue weighted by Crippen LogP contribution is 2.22. The summed E-state index contributed by atoms with van der Waals surface area (Å²) < 4.78 is 24.2. The van der Waals surface area contributed by atoms with Crippen molar-refractivity contribution >= 4 is 33.6 Å². The van der Waals surface area contributed by atoms with Gasteiger partial charge in [-0.1, -0.05) is 12.8 Å². The van der Waals surface area contributed by atoms with E-state index in [1.165, 1.54) is 23.6 Å². The molecule has 7 nitrogen and oxygen atoms in total. The van der Waals surface area contributed by atoms with Gasteiger partial charge in [0.15, 0.2) is 9.84 Å². The predicted molar refractivity (Wildman–Crippen MR) is 80.7 cm³/mol. The maximum atomic E-state index is 12.4. The maximum absolute atomic E-state index is 12.4. The number of carbonyl (C=O) groups excluding carboxylic acids is 1. The van der Waals surface area contributed by atoms with Gasteiger partial charge in [0.05, 0.1) is 6.54 Å². The summed E-state index contributed by atoms with van der Waals surface area (Å²) in [5.74, 6) is 1.85. The van der Waals surface area contributed by atoms with Gasteiger partial charge in [-0.25, -0.2) is 13.2 Å². The average Bonchev–Trinajstić information content (AvgIpc) is 2.45. The zero-order valence-corrected chi connectivity index (χ0v) is 13.3. The van der Waals surface area contributed by atoms with Gasteiger partial charge in [-0.3, -0.25) is 4.79 Å². The number of nitrogens with zero attached hydrogens (tertiary/aromatic N) is 2. The molecule has 1 heterocycles. The number of urea groups is 1. The molecule has 0 spiro atoms. The molecule has 0 aromatic rings. The number of thioether (sulfide) groups is 1. The van der Waals surface area contributed by atoms with Crippen molar-refractivity contribution in [3.63, 3.8) is 0 Å².